The Bertz CT molecular complexity index is 255. The fourth-order valence-corrected chi connectivity index (χ4v) is 1.86. The Morgan fingerprint density at radius 3 is 2.50 bits per heavy atom. The Labute approximate surface area is 84.2 Å². The number of hydrogen-bond donors (Lipinski definition) is 3. The van der Waals surface area contributed by atoms with E-state index in [0.29, 0.717) is 0 Å². The molecule has 0 saturated heterocycles. The molecule has 0 radical (unpaired) electrons. The van der Waals surface area contributed by atoms with Crippen molar-refractivity contribution >= 4 is 14.8 Å². The number of hydrogen-bond acceptors (Lipinski definition) is 4. The van der Waals surface area contributed by atoms with Crippen LogP contribution in [0.15, 0.2) is 37.8 Å². The van der Waals surface area contributed by atoms with Crippen molar-refractivity contribution in [1.82, 2.24) is 9.96 Å². The van der Waals surface area contributed by atoms with Crippen LogP contribution in [-0.4, -0.2) is 19.6 Å². The molecular weight excluding hydrogens is 200 g/mol. The van der Waals surface area contributed by atoms with Crippen molar-refractivity contribution in [3.63, 3.8) is 0 Å². The van der Waals surface area contributed by atoms with Crippen molar-refractivity contribution in [2.75, 3.05) is 0 Å². The maximum absolute atomic E-state index is 11.2. The van der Waals surface area contributed by atoms with Gasteiger partial charge < -0.3 is 19.2 Å². The molecule has 0 bridgehead atoms. The van der Waals surface area contributed by atoms with E-state index in [2.05, 4.69) is 29.7 Å². The molecule has 0 aliphatic heterocycles. The van der Waals surface area contributed by atoms with Crippen LogP contribution in [-0.2, 0) is 9.22 Å². The lowest BCUT2D eigenvalue weighted by Gasteiger charge is -2.22. The molecule has 0 aromatic carbocycles. The van der Waals surface area contributed by atoms with Gasteiger partial charge in [-0.15, -0.1) is 0 Å². The second-order valence-electron chi connectivity index (χ2n) is 2.51. The van der Waals surface area contributed by atoms with E-state index < -0.39 is 14.8 Å². The summed E-state index contributed by atoms with van der Waals surface area (Å²) in [6.07, 6.45) is 2.27. The molecule has 0 aliphatic rings. The summed E-state index contributed by atoms with van der Waals surface area (Å²) in [5.74, 6) is -0.490. The molecule has 0 heterocycles. The first-order valence-electron chi connectivity index (χ1n) is 3.83. The second kappa shape index (κ2) is 5.25. The van der Waals surface area contributed by atoms with Crippen LogP contribution < -0.4 is 9.96 Å². The van der Waals surface area contributed by atoms with Crippen LogP contribution in [0.2, 0.25) is 0 Å². The summed E-state index contributed by atoms with van der Waals surface area (Å²) in [6, 6.07) is 0. The number of rotatable bonds is 6. The molecule has 0 rings (SSSR count). The first-order valence-corrected chi connectivity index (χ1v) is 5.68. The van der Waals surface area contributed by atoms with E-state index in [1.807, 2.05) is 0 Å². The summed E-state index contributed by atoms with van der Waals surface area (Å²) < 4.78 is 4.79. The normalized spacial score (nSPS) is 13.3. The monoisotopic (exact) mass is 214 g/mol. The molecule has 1 unspecified atom stereocenters. The topological polar surface area (TPSA) is 70.6 Å². The van der Waals surface area contributed by atoms with Crippen LogP contribution in [0.4, 0.5) is 0 Å². The lowest BCUT2D eigenvalue weighted by Crippen LogP contribution is -2.64. The Hall–Kier alpha value is -1.53. The Kier molecular flexibility index (Phi) is 4.68. The SMILES string of the molecule is C=CN[Si](O)(NC(=O)C(=C)C)OC=C. The summed E-state index contributed by atoms with van der Waals surface area (Å²) in [4.78, 5) is 25.6. The van der Waals surface area contributed by atoms with Gasteiger partial charge in [-0.2, -0.15) is 0 Å². The van der Waals surface area contributed by atoms with E-state index in [-0.39, 0.29) is 5.57 Å². The van der Waals surface area contributed by atoms with Crippen molar-refractivity contribution in [2.45, 2.75) is 6.92 Å². The van der Waals surface area contributed by atoms with Gasteiger partial charge in [0.2, 0.25) is 5.91 Å². The summed E-state index contributed by atoms with van der Waals surface area (Å²) >= 11 is 0. The highest BCUT2D eigenvalue weighted by Crippen LogP contribution is 1.95. The van der Waals surface area contributed by atoms with Gasteiger partial charge in [0.15, 0.2) is 0 Å². The molecule has 6 heteroatoms. The van der Waals surface area contributed by atoms with E-state index in [0.717, 1.165) is 6.26 Å². The highest BCUT2D eigenvalue weighted by atomic mass is 28.4. The molecule has 3 N–H and O–H groups in total. The molecule has 5 nitrogen and oxygen atoms in total. The van der Waals surface area contributed by atoms with Crippen LogP contribution in [0.3, 0.4) is 0 Å². The van der Waals surface area contributed by atoms with Crippen molar-refractivity contribution < 1.29 is 14.0 Å². The average molecular weight is 214 g/mol. The van der Waals surface area contributed by atoms with Crippen LogP contribution in [0, 0.1) is 0 Å². The molecule has 78 valence electrons. The van der Waals surface area contributed by atoms with Gasteiger partial charge >= 0.3 is 8.88 Å². The summed E-state index contributed by atoms with van der Waals surface area (Å²) in [7, 11) is -3.52. The summed E-state index contributed by atoms with van der Waals surface area (Å²) in [6.45, 7) is 11.6. The van der Waals surface area contributed by atoms with E-state index in [4.69, 9.17) is 4.43 Å². The van der Waals surface area contributed by atoms with E-state index >= 15 is 0 Å². The Morgan fingerprint density at radius 1 is 1.57 bits per heavy atom. The van der Waals surface area contributed by atoms with Gasteiger partial charge in [-0.05, 0) is 13.1 Å². The smallest absolute Gasteiger partial charge is 0.497 e. The Balaban J connectivity index is 4.49. The predicted octanol–water partition coefficient (Wildman–Crippen LogP) is -0.000200. The van der Waals surface area contributed by atoms with Gasteiger partial charge in [0, 0.05) is 5.57 Å². The number of amides is 1. The van der Waals surface area contributed by atoms with Crippen LogP contribution >= 0.6 is 0 Å². The fraction of sp³-hybridized carbons (Fsp3) is 0.125. The van der Waals surface area contributed by atoms with E-state index in [9.17, 15) is 9.59 Å². The quantitative estimate of drug-likeness (QED) is 0.331. The van der Waals surface area contributed by atoms with Gasteiger partial charge in [-0.3, -0.25) is 4.79 Å². The number of nitrogens with one attached hydrogen (secondary N) is 2. The van der Waals surface area contributed by atoms with Gasteiger partial charge in [0.25, 0.3) is 0 Å². The van der Waals surface area contributed by atoms with Gasteiger partial charge in [0.1, 0.15) is 0 Å². The molecule has 0 aromatic rings. The second-order valence-corrected chi connectivity index (χ2v) is 4.57. The minimum Gasteiger partial charge on any atom is -0.497 e. The third kappa shape index (κ3) is 3.92. The maximum atomic E-state index is 11.2. The fourth-order valence-electron chi connectivity index (χ4n) is 0.619. The Morgan fingerprint density at radius 2 is 2.14 bits per heavy atom. The first-order chi connectivity index (χ1) is 6.45. The van der Waals surface area contributed by atoms with Crippen molar-refractivity contribution in [2.24, 2.45) is 0 Å². The molecular formula is C8H14N2O3Si. The molecule has 1 amide bonds. The lowest BCUT2D eigenvalue weighted by atomic mass is 10.3. The van der Waals surface area contributed by atoms with Crippen LogP contribution in [0.1, 0.15) is 6.92 Å². The minimum absolute atomic E-state index is 0.273. The first kappa shape index (κ1) is 12.5. The van der Waals surface area contributed by atoms with Crippen LogP contribution in [0.5, 0.6) is 0 Å². The van der Waals surface area contributed by atoms with Crippen LogP contribution in [0.25, 0.3) is 0 Å². The zero-order valence-electron chi connectivity index (χ0n) is 8.04. The zero-order valence-corrected chi connectivity index (χ0v) is 9.04. The standard InChI is InChI=1S/C8H14N2O3Si/c1-5-9-14(12,13-6-2)10-8(11)7(3)4/h5-6,9,12H,1-3H2,4H3,(H,10,11). The number of carbonyl (C=O) groups is 1. The van der Waals surface area contributed by atoms with Crippen molar-refractivity contribution in [1.29, 1.82) is 0 Å². The summed E-state index contributed by atoms with van der Waals surface area (Å²) in [5.41, 5.74) is 0.273. The summed E-state index contributed by atoms with van der Waals surface area (Å²) in [5, 5.41) is 0. The van der Waals surface area contributed by atoms with Gasteiger partial charge in [0.05, 0.1) is 6.26 Å². The molecule has 14 heavy (non-hydrogen) atoms. The largest absolute Gasteiger partial charge is 0.649 e. The molecule has 0 saturated carbocycles. The van der Waals surface area contributed by atoms with E-state index in [1.54, 1.807) is 0 Å². The average Bonchev–Trinajstić information content (AvgIpc) is 2.04. The molecule has 0 aliphatic carbocycles. The van der Waals surface area contributed by atoms with E-state index in [1.165, 1.54) is 13.1 Å². The highest BCUT2D eigenvalue weighted by Gasteiger charge is 2.38. The highest BCUT2D eigenvalue weighted by molar-refractivity contribution is 6.64. The van der Waals surface area contributed by atoms with Crippen molar-refractivity contribution in [3.8, 4) is 0 Å². The van der Waals surface area contributed by atoms with Gasteiger partial charge in [-0.1, -0.05) is 19.7 Å². The maximum Gasteiger partial charge on any atom is 0.649 e. The predicted molar refractivity (Wildman–Crippen MR) is 55.5 cm³/mol. The lowest BCUT2D eigenvalue weighted by molar-refractivity contribution is -0.116. The molecule has 0 aromatic heterocycles. The third-order valence-electron chi connectivity index (χ3n) is 1.22. The molecule has 0 spiro atoms. The number of carbonyl (C=O) groups excluding carboxylic acids is 1. The molecule has 1 atom stereocenters. The van der Waals surface area contributed by atoms with Gasteiger partial charge in [-0.25, -0.2) is 0 Å². The zero-order chi connectivity index (χ0) is 11.2. The molecule has 0 fully saturated rings. The third-order valence-corrected chi connectivity index (χ3v) is 2.89. The van der Waals surface area contributed by atoms with Crippen molar-refractivity contribution in [3.05, 3.63) is 37.8 Å². The minimum atomic E-state index is -3.52.